The molecule has 1 aliphatic heterocycles. The van der Waals surface area contributed by atoms with Crippen molar-refractivity contribution in [1.82, 2.24) is 9.88 Å². The van der Waals surface area contributed by atoms with Crippen molar-refractivity contribution >= 4 is 28.4 Å². The van der Waals surface area contributed by atoms with Gasteiger partial charge in [0.25, 0.3) is 0 Å². The minimum atomic E-state index is -0.546. The molecule has 1 aromatic heterocycles. The van der Waals surface area contributed by atoms with Gasteiger partial charge in [0.1, 0.15) is 0 Å². The molecule has 2 atom stereocenters. The van der Waals surface area contributed by atoms with E-state index in [0.29, 0.717) is 17.2 Å². The van der Waals surface area contributed by atoms with Gasteiger partial charge >= 0.3 is 0 Å². The fourth-order valence-corrected chi connectivity index (χ4v) is 4.04. The summed E-state index contributed by atoms with van der Waals surface area (Å²) in [6.07, 6.45) is 1.99. The summed E-state index contributed by atoms with van der Waals surface area (Å²) in [6.45, 7) is 0. The summed E-state index contributed by atoms with van der Waals surface area (Å²) in [6, 6.07) is 12.7. The van der Waals surface area contributed by atoms with Crippen LogP contribution >= 0.6 is 0 Å². The van der Waals surface area contributed by atoms with Crippen LogP contribution in [-0.4, -0.2) is 43.0 Å². The maximum Gasteiger partial charge on any atom is 0.230 e. The summed E-state index contributed by atoms with van der Waals surface area (Å²) < 4.78 is 10.9. The number of nitrogens with one attached hydrogen (secondary N) is 2. The van der Waals surface area contributed by atoms with Gasteiger partial charge in [-0.15, -0.1) is 0 Å². The number of H-pyrrole nitrogens is 1. The van der Waals surface area contributed by atoms with Crippen LogP contribution < -0.4 is 14.8 Å². The fourth-order valence-electron chi connectivity index (χ4n) is 4.04. The molecule has 1 saturated heterocycles. The third-order valence-corrected chi connectivity index (χ3v) is 5.50. The molecule has 1 aliphatic rings. The average molecular weight is 393 g/mol. The molecular weight excluding hydrogens is 370 g/mol. The lowest BCUT2D eigenvalue weighted by molar-refractivity contribution is -0.128. The van der Waals surface area contributed by atoms with E-state index in [0.717, 1.165) is 16.5 Å². The molecule has 0 unspecified atom stereocenters. The van der Waals surface area contributed by atoms with E-state index in [2.05, 4.69) is 10.3 Å². The normalized spacial score (nSPS) is 18.9. The predicted octanol–water partition coefficient (Wildman–Crippen LogP) is 3.34. The first-order chi connectivity index (χ1) is 14.0. The number of para-hydroxylation sites is 1. The number of hydrogen-bond donors (Lipinski definition) is 2. The first kappa shape index (κ1) is 18.9. The smallest absolute Gasteiger partial charge is 0.230 e. The van der Waals surface area contributed by atoms with Crippen LogP contribution in [0.3, 0.4) is 0 Å². The average Bonchev–Trinajstić information content (AvgIpc) is 3.31. The standard InChI is InChI=1S/C22H23N3O4/c1-25-19(26)12-16(20(25)15-5-4-6-18(28-2)21(15)29-3)22(27)24-14-7-8-17-13(11-14)9-10-23-17/h4-11,16,20,23H,12H2,1-3H3,(H,24,27)/t16-,20-/m1/s1. The van der Waals surface area contributed by atoms with Gasteiger partial charge in [0.2, 0.25) is 11.8 Å². The van der Waals surface area contributed by atoms with Gasteiger partial charge in [0, 0.05) is 41.8 Å². The Morgan fingerprint density at radius 2 is 2.00 bits per heavy atom. The maximum absolute atomic E-state index is 13.1. The number of fused-ring (bicyclic) bond motifs is 1. The van der Waals surface area contributed by atoms with Crippen molar-refractivity contribution in [3.63, 3.8) is 0 Å². The number of aromatic amines is 1. The molecular formula is C22H23N3O4. The van der Waals surface area contributed by atoms with Crippen LogP contribution in [0, 0.1) is 5.92 Å². The SMILES string of the molecule is COc1cccc([C@@H]2[C@H](C(=O)Nc3ccc4[nH]ccc4c3)CC(=O)N2C)c1OC. The number of nitrogens with zero attached hydrogens (tertiary/aromatic N) is 1. The zero-order valence-corrected chi connectivity index (χ0v) is 16.6. The van der Waals surface area contributed by atoms with Crippen molar-refractivity contribution < 1.29 is 19.1 Å². The number of aromatic nitrogens is 1. The molecule has 2 aromatic carbocycles. The van der Waals surface area contributed by atoms with Gasteiger partial charge in [-0.1, -0.05) is 12.1 Å². The van der Waals surface area contributed by atoms with Crippen LogP contribution in [0.4, 0.5) is 5.69 Å². The zero-order chi connectivity index (χ0) is 20.5. The van der Waals surface area contributed by atoms with Gasteiger partial charge in [-0.05, 0) is 30.3 Å². The lowest BCUT2D eigenvalue weighted by Gasteiger charge is -2.27. The molecule has 0 aliphatic carbocycles. The number of ether oxygens (including phenoxy) is 2. The molecule has 29 heavy (non-hydrogen) atoms. The van der Waals surface area contributed by atoms with Crippen LogP contribution in [0.1, 0.15) is 18.0 Å². The van der Waals surface area contributed by atoms with E-state index < -0.39 is 12.0 Å². The minimum absolute atomic E-state index is 0.0823. The highest BCUT2D eigenvalue weighted by Crippen LogP contribution is 2.44. The van der Waals surface area contributed by atoms with Gasteiger partial charge in [-0.3, -0.25) is 9.59 Å². The van der Waals surface area contributed by atoms with Crippen LogP contribution in [0.5, 0.6) is 11.5 Å². The number of amides is 2. The summed E-state index contributed by atoms with van der Waals surface area (Å²) in [4.78, 5) is 30.4. The summed E-state index contributed by atoms with van der Waals surface area (Å²) in [7, 11) is 4.83. The van der Waals surface area contributed by atoms with E-state index >= 15 is 0 Å². The zero-order valence-electron chi connectivity index (χ0n) is 16.6. The van der Waals surface area contributed by atoms with Crippen molar-refractivity contribution in [2.75, 3.05) is 26.6 Å². The van der Waals surface area contributed by atoms with Crippen LogP contribution in [0.25, 0.3) is 10.9 Å². The molecule has 1 fully saturated rings. The van der Waals surface area contributed by atoms with Crippen molar-refractivity contribution in [1.29, 1.82) is 0 Å². The van der Waals surface area contributed by atoms with E-state index in [1.165, 1.54) is 0 Å². The Labute approximate surface area is 168 Å². The molecule has 0 saturated carbocycles. The third kappa shape index (κ3) is 3.29. The number of hydrogen-bond acceptors (Lipinski definition) is 4. The lowest BCUT2D eigenvalue weighted by atomic mass is 9.92. The summed E-state index contributed by atoms with van der Waals surface area (Å²) in [5.74, 6) is 0.270. The largest absolute Gasteiger partial charge is 0.493 e. The first-order valence-electron chi connectivity index (χ1n) is 9.38. The molecule has 0 radical (unpaired) electrons. The maximum atomic E-state index is 13.1. The summed E-state index contributed by atoms with van der Waals surface area (Å²) >= 11 is 0. The highest BCUT2D eigenvalue weighted by atomic mass is 16.5. The van der Waals surface area contributed by atoms with Gasteiger partial charge in [-0.25, -0.2) is 0 Å². The van der Waals surface area contributed by atoms with Gasteiger partial charge in [0.05, 0.1) is 26.2 Å². The molecule has 0 spiro atoms. The molecule has 7 heteroatoms. The van der Waals surface area contributed by atoms with Gasteiger partial charge in [0.15, 0.2) is 11.5 Å². The van der Waals surface area contributed by atoms with E-state index in [4.69, 9.17) is 9.47 Å². The van der Waals surface area contributed by atoms with E-state index in [-0.39, 0.29) is 18.2 Å². The number of anilines is 1. The van der Waals surface area contributed by atoms with Crippen molar-refractivity contribution in [3.8, 4) is 11.5 Å². The highest BCUT2D eigenvalue weighted by molar-refractivity contribution is 5.99. The molecule has 7 nitrogen and oxygen atoms in total. The number of carbonyl (C=O) groups is 2. The number of carbonyl (C=O) groups excluding carboxylic acids is 2. The highest BCUT2D eigenvalue weighted by Gasteiger charge is 2.44. The molecule has 4 rings (SSSR count). The molecule has 150 valence electrons. The molecule has 2 amide bonds. The van der Waals surface area contributed by atoms with Gasteiger partial charge in [-0.2, -0.15) is 0 Å². The fraction of sp³-hybridized carbons (Fsp3) is 0.273. The quantitative estimate of drug-likeness (QED) is 0.696. The first-order valence-corrected chi connectivity index (χ1v) is 9.38. The van der Waals surface area contributed by atoms with Crippen molar-refractivity contribution in [2.24, 2.45) is 5.92 Å². The second-order valence-electron chi connectivity index (χ2n) is 7.11. The van der Waals surface area contributed by atoms with Crippen molar-refractivity contribution in [3.05, 3.63) is 54.2 Å². The van der Waals surface area contributed by atoms with E-state index in [9.17, 15) is 9.59 Å². The number of benzene rings is 2. The Morgan fingerprint density at radius 3 is 2.76 bits per heavy atom. The Hall–Kier alpha value is -3.48. The van der Waals surface area contributed by atoms with E-state index in [1.54, 1.807) is 32.2 Å². The Morgan fingerprint density at radius 1 is 1.17 bits per heavy atom. The number of likely N-dealkylation sites (tertiary alicyclic amines) is 1. The molecule has 2 heterocycles. The van der Waals surface area contributed by atoms with Crippen LogP contribution in [-0.2, 0) is 9.59 Å². The van der Waals surface area contributed by atoms with Crippen LogP contribution in [0.15, 0.2) is 48.7 Å². The van der Waals surface area contributed by atoms with Gasteiger partial charge < -0.3 is 24.7 Å². The molecule has 3 aromatic rings. The van der Waals surface area contributed by atoms with E-state index in [1.807, 2.05) is 42.6 Å². The molecule has 0 bridgehead atoms. The second kappa shape index (κ2) is 7.50. The number of methoxy groups -OCH3 is 2. The monoisotopic (exact) mass is 393 g/mol. The topological polar surface area (TPSA) is 83.7 Å². The predicted molar refractivity (Wildman–Crippen MR) is 110 cm³/mol. The second-order valence-corrected chi connectivity index (χ2v) is 7.11. The third-order valence-electron chi connectivity index (χ3n) is 5.50. The Balaban J connectivity index is 1.66. The molecule has 2 N–H and O–H groups in total. The Bertz CT molecular complexity index is 1070. The summed E-state index contributed by atoms with van der Waals surface area (Å²) in [5.41, 5.74) is 2.44. The Kier molecular flexibility index (Phi) is 4.88. The van der Waals surface area contributed by atoms with Crippen molar-refractivity contribution in [2.45, 2.75) is 12.5 Å². The number of rotatable bonds is 5. The van der Waals surface area contributed by atoms with Crippen LogP contribution in [0.2, 0.25) is 0 Å². The lowest BCUT2D eigenvalue weighted by Crippen LogP contribution is -2.30. The minimum Gasteiger partial charge on any atom is -0.493 e. The summed E-state index contributed by atoms with van der Waals surface area (Å²) in [5, 5.41) is 3.98.